The highest BCUT2D eigenvalue weighted by Gasteiger charge is 2.06. The predicted molar refractivity (Wildman–Crippen MR) is 78.8 cm³/mol. The number of hydrogen-bond donors (Lipinski definition) is 0. The number of rotatable bonds is 6. The molecule has 0 N–H and O–H groups in total. The van der Waals surface area contributed by atoms with E-state index in [9.17, 15) is 4.79 Å². The minimum Gasteiger partial charge on any atom is -0.490 e. The molecule has 104 valence electrons. The SMILES string of the molecule is CCOc1cc(C=O)ccc1OCc1ccc(Cl)cc1. The van der Waals surface area contributed by atoms with Crippen LogP contribution in [0.4, 0.5) is 0 Å². The minimum absolute atomic E-state index is 0.414. The van der Waals surface area contributed by atoms with E-state index in [0.29, 0.717) is 35.3 Å². The van der Waals surface area contributed by atoms with Gasteiger partial charge in [0.2, 0.25) is 0 Å². The largest absolute Gasteiger partial charge is 0.490 e. The third-order valence-electron chi connectivity index (χ3n) is 2.71. The highest BCUT2D eigenvalue weighted by molar-refractivity contribution is 6.30. The number of hydrogen-bond acceptors (Lipinski definition) is 3. The van der Waals surface area contributed by atoms with Crippen LogP contribution in [0.1, 0.15) is 22.8 Å². The van der Waals surface area contributed by atoms with Crippen LogP contribution in [0.15, 0.2) is 42.5 Å². The van der Waals surface area contributed by atoms with Crippen LogP contribution in [0.3, 0.4) is 0 Å². The third kappa shape index (κ3) is 3.75. The molecule has 2 aromatic rings. The van der Waals surface area contributed by atoms with E-state index in [-0.39, 0.29) is 0 Å². The number of halogens is 1. The van der Waals surface area contributed by atoms with Crippen LogP contribution in [0, 0.1) is 0 Å². The first-order valence-corrected chi connectivity index (χ1v) is 6.70. The Hall–Kier alpha value is -2.00. The summed E-state index contributed by atoms with van der Waals surface area (Å²) in [5, 5.41) is 0.694. The van der Waals surface area contributed by atoms with E-state index in [0.717, 1.165) is 11.8 Å². The van der Waals surface area contributed by atoms with Gasteiger partial charge in [-0.1, -0.05) is 23.7 Å². The molecule has 4 heteroatoms. The molecule has 0 bridgehead atoms. The average Bonchev–Trinajstić information content (AvgIpc) is 2.48. The van der Waals surface area contributed by atoms with E-state index in [2.05, 4.69) is 0 Å². The minimum atomic E-state index is 0.414. The molecule has 0 aliphatic carbocycles. The van der Waals surface area contributed by atoms with Crippen molar-refractivity contribution >= 4 is 17.9 Å². The summed E-state index contributed by atoms with van der Waals surface area (Å²) in [6, 6.07) is 12.6. The van der Waals surface area contributed by atoms with Gasteiger partial charge in [0.1, 0.15) is 12.9 Å². The lowest BCUT2D eigenvalue weighted by Gasteiger charge is -2.12. The van der Waals surface area contributed by atoms with Crippen molar-refractivity contribution in [1.82, 2.24) is 0 Å². The number of benzene rings is 2. The van der Waals surface area contributed by atoms with E-state index in [4.69, 9.17) is 21.1 Å². The molecule has 0 radical (unpaired) electrons. The quantitative estimate of drug-likeness (QED) is 0.750. The van der Waals surface area contributed by atoms with Crippen LogP contribution in [-0.2, 0) is 6.61 Å². The van der Waals surface area contributed by atoms with Crippen LogP contribution in [0.5, 0.6) is 11.5 Å². The van der Waals surface area contributed by atoms with Gasteiger partial charge in [0.15, 0.2) is 11.5 Å². The van der Waals surface area contributed by atoms with E-state index in [1.165, 1.54) is 0 Å². The van der Waals surface area contributed by atoms with Crippen molar-refractivity contribution in [3.63, 3.8) is 0 Å². The third-order valence-corrected chi connectivity index (χ3v) is 2.96. The summed E-state index contributed by atoms with van der Waals surface area (Å²) in [4.78, 5) is 10.8. The summed E-state index contributed by atoms with van der Waals surface area (Å²) in [7, 11) is 0. The standard InChI is InChI=1S/C16H15ClO3/c1-2-19-16-9-13(10-18)5-8-15(16)20-11-12-3-6-14(17)7-4-12/h3-10H,2,11H2,1H3. The second-order valence-electron chi connectivity index (χ2n) is 4.17. The smallest absolute Gasteiger partial charge is 0.161 e. The van der Waals surface area contributed by atoms with Crippen molar-refractivity contribution in [2.24, 2.45) is 0 Å². The lowest BCUT2D eigenvalue weighted by Crippen LogP contribution is -2.00. The Balaban J connectivity index is 2.11. The van der Waals surface area contributed by atoms with Crippen molar-refractivity contribution < 1.29 is 14.3 Å². The fraction of sp³-hybridized carbons (Fsp3) is 0.188. The second kappa shape index (κ2) is 6.96. The van der Waals surface area contributed by atoms with E-state index in [1.54, 1.807) is 18.2 Å². The van der Waals surface area contributed by atoms with Gasteiger partial charge in [0.25, 0.3) is 0 Å². The van der Waals surface area contributed by atoms with Gasteiger partial charge in [0.05, 0.1) is 6.61 Å². The molecule has 0 aliphatic rings. The van der Waals surface area contributed by atoms with Crippen LogP contribution < -0.4 is 9.47 Å². The molecular formula is C16H15ClO3. The van der Waals surface area contributed by atoms with Crippen LogP contribution in [0.25, 0.3) is 0 Å². The molecule has 0 aromatic heterocycles. The monoisotopic (exact) mass is 290 g/mol. The van der Waals surface area contributed by atoms with Gasteiger partial charge >= 0.3 is 0 Å². The fourth-order valence-corrected chi connectivity index (χ4v) is 1.85. The Bertz CT molecular complexity index is 579. The van der Waals surface area contributed by atoms with Crippen molar-refractivity contribution in [3.05, 3.63) is 58.6 Å². The Kier molecular flexibility index (Phi) is 5.02. The molecule has 20 heavy (non-hydrogen) atoms. The molecule has 0 heterocycles. The topological polar surface area (TPSA) is 35.5 Å². The summed E-state index contributed by atoms with van der Waals surface area (Å²) < 4.78 is 11.2. The molecular weight excluding hydrogens is 276 g/mol. The average molecular weight is 291 g/mol. The van der Waals surface area contributed by atoms with Gasteiger partial charge in [-0.3, -0.25) is 4.79 Å². The number of ether oxygens (including phenoxy) is 2. The van der Waals surface area contributed by atoms with Gasteiger partial charge in [-0.2, -0.15) is 0 Å². The first-order chi connectivity index (χ1) is 9.72. The Morgan fingerprint density at radius 2 is 1.80 bits per heavy atom. The molecule has 0 unspecified atom stereocenters. The first kappa shape index (κ1) is 14.4. The molecule has 2 rings (SSSR count). The maximum absolute atomic E-state index is 10.8. The van der Waals surface area contributed by atoms with Crippen LogP contribution in [0.2, 0.25) is 5.02 Å². The summed E-state index contributed by atoms with van der Waals surface area (Å²) in [6.45, 7) is 2.81. The lowest BCUT2D eigenvalue weighted by molar-refractivity contribution is 0.112. The lowest BCUT2D eigenvalue weighted by atomic mass is 10.2. The molecule has 3 nitrogen and oxygen atoms in total. The van der Waals surface area contributed by atoms with Gasteiger partial charge in [0, 0.05) is 10.6 Å². The van der Waals surface area contributed by atoms with Crippen molar-refractivity contribution in [2.75, 3.05) is 6.61 Å². The Morgan fingerprint density at radius 3 is 2.45 bits per heavy atom. The summed E-state index contributed by atoms with van der Waals surface area (Å²) >= 11 is 5.83. The van der Waals surface area contributed by atoms with Gasteiger partial charge in [-0.05, 0) is 42.8 Å². The van der Waals surface area contributed by atoms with Crippen molar-refractivity contribution in [2.45, 2.75) is 13.5 Å². The van der Waals surface area contributed by atoms with E-state index >= 15 is 0 Å². The number of aldehydes is 1. The van der Waals surface area contributed by atoms with Gasteiger partial charge < -0.3 is 9.47 Å². The zero-order valence-electron chi connectivity index (χ0n) is 11.1. The molecule has 0 atom stereocenters. The van der Waals surface area contributed by atoms with Gasteiger partial charge in [-0.15, -0.1) is 0 Å². The molecule has 0 aliphatic heterocycles. The van der Waals surface area contributed by atoms with Crippen LogP contribution in [-0.4, -0.2) is 12.9 Å². The zero-order chi connectivity index (χ0) is 14.4. The maximum Gasteiger partial charge on any atom is 0.161 e. The van der Waals surface area contributed by atoms with Crippen molar-refractivity contribution in [3.8, 4) is 11.5 Å². The molecule has 0 fully saturated rings. The van der Waals surface area contributed by atoms with E-state index in [1.807, 2.05) is 31.2 Å². The maximum atomic E-state index is 10.8. The highest BCUT2D eigenvalue weighted by atomic mass is 35.5. The highest BCUT2D eigenvalue weighted by Crippen LogP contribution is 2.28. The molecule has 0 saturated heterocycles. The van der Waals surface area contributed by atoms with Crippen LogP contribution >= 0.6 is 11.6 Å². The fourth-order valence-electron chi connectivity index (χ4n) is 1.73. The zero-order valence-corrected chi connectivity index (χ0v) is 11.9. The summed E-state index contributed by atoms with van der Waals surface area (Å²) in [6.07, 6.45) is 0.783. The predicted octanol–water partition coefficient (Wildman–Crippen LogP) is 4.13. The molecule has 0 amide bonds. The Morgan fingerprint density at radius 1 is 1.05 bits per heavy atom. The van der Waals surface area contributed by atoms with E-state index < -0.39 is 0 Å². The Labute approximate surface area is 123 Å². The second-order valence-corrected chi connectivity index (χ2v) is 4.61. The first-order valence-electron chi connectivity index (χ1n) is 6.32. The summed E-state index contributed by atoms with van der Waals surface area (Å²) in [5.74, 6) is 1.19. The molecule has 0 spiro atoms. The number of carbonyl (C=O) groups is 1. The molecule has 0 saturated carbocycles. The normalized spacial score (nSPS) is 10.1. The van der Waals surface area contributed by atoms with Gasteiger partial charge in [-0.25, -0.2) is 0 Å². The summed E-state index contributed by atoms with van der Waals surface area (Å²) in [5.41, 5.74) is 1.57. The van der Waals surface area contributed by atoms with Crippen molar-refractivity contribution in [1.29, 1.82) is 0 Å². The molecule has 2 aromatic carbocycles. The number of carbonyl (C=O) groups excluding carboxylic acids is 1.